The fraction of sp³-hybridized carbons (Fsp3) is 0.500. The summed E-state index contributed by atoms with van der Waals surface area (Å²) in [6.45, 7) is 1.73. The molecule has 1 aromatic rings. The van der Waals surface area contributed by atoms with E-state index in [0.29, 0.717) is 11.3 Å². The van der Waals surface area contributed by atoms with Gasteiger partial charge in [-0.3, -0.25) is 4.31 Å². The van der Waals surface area contributed by atoms with Crippen molar-refractivity contribution in [1.29, 1.82) is 0 Å². The minimum Gasteiger partial charge on any atom is -0.462 e. The lowest BCUT2D eigenvalue weighted by Crippen LogP contribution is -2.42. The van der Waals surface area contributed by atoms with Gasteiger partial charge in [0, 0.05) is 27.2 Å². The molecule has 9 nitrogen and oxygen atoms in total. The van der Waals surface area contributed by atoms with Gasteiger partial charge in [-0.25, -0.2) is 17.9 Å². The van der Waals surface area contributed by atoms with Gasteiger partial charge < -0.3 is 4.74 Å². The Balaban J connectivity index is 2.92. The van der Waals surface area contributed by atoms with Crippen LogP contribution in [0.4, 0.5) is 5.69 Å². The molecule has 0 bridgehead atoms. The number of nitrogens with zero attached hydrogens (tertiary/aromatic N) is 2. The highest BCUT2D eigenvalue weighted by molar-refractivity contribution is 7.92. The summed E-state index contributed by atoms with van der Waals surface area (Å²) in [6.07, 6.45) is 1.02. The number of anilines is 1. The van der Waals surface area contributed by atoms with E-state index < -0.39 is 26.2 Å². The molecule has 0 saturated heterocycles. The van der Waals surface area contributed by atoms with Crippen LogP contribution in [-0.4, -0.2) is 67.2 Å². The average molecular weight is 393 g/mol. The van der Waals surface area contributed by atoms with E-state index in [0.717, 1.165) is 14.9 Å². The first-order valence-electron chi connectivity index (χ1n) is 7.41. The molecule has 0 amide bonds. The van der Waals surface area contributed by atoms with E-state index in [2.05, 4.69) is 4.72 Å². The summed E-state index contributed by atoms with van der Waals surface area (Å²) in [5, 5.41) is 0. The van der Waals surface area contributed by atoms with Gasteiger partial charge in [-0.05, 0) is 31.2 Å². The van der Waals surface area contributed by atoms with Gasteiger partial charge in [-0.15, -0.1) is 0 Å². The van der Waals surface area contributed by atoms with Crippen molar-refractivity contribution < 1.29 is 26.4 Å². The van der Waals surface area contributed by atoms with Crippen LogP contribution in [0.3, 0.4) is 0 Å². The van der Waals surface area contributed by atoms with Crippen molar-refractivity contribution in [2.75, 3.05) is 44.4 Å². The molecular formula is C14H23N3O6S2. The maximum Gasteiger partial charge on any atom is 0.338 e. The monoisotopic (exact) mass is 393 g/mol. The zero-order chi connectivity index (χ0) is 19.3. The van der Waals surface area contributed by atoms with Crippen LogP contribution < -0.4 is 9.03 Å². The highest BCUT2D eigenvalue weighted by Crippen LogP contribution is 2.18. The van der Waals surface area contributed by atoms with Crippen LogP contribution >= 0.6 is 0 Å². The Kier molecular flexibility index (Phi) is 7.35. The number of hydrogen-bond donors (Lipinski definition) is 1. The van der Waals surface area contributed by atoms with E-state index in [1.165, 1.54) is 38.4 Å². The minimum atomic E-state index is -3.65. The third kappa shape index (κ3) is 6.27. The SMILES string of the molecule is CCOC(=O)c1ccc(N(CCNS(=O)(=O)N(C)C)S(C)(=O)=O)cc1. The molecule has 25 heavy (non-hydrogen) atoms. The summed E-state index contributed by atoms with van der Waals surface area (Å²) in [6, 6.07) is 5.84. The number of ether oxygens (including phenoxy) is 1. The number of benzene rings is 1. The van der Waals surface area contributed by atoms with Crippen molar-refractivity contribution in [1.82, 2.24) is 9.03 Å². The largest absolute Gasteiger partial charge is 0.462 e. The fourth-order valence-electron chi connectivity index (χ4n) is 1.87. The Labute approximate surface area is 148 Å². The summed E-state index contributed by atoms with van der Waals surface area (Å²) >= 11 is 0. The number of nitrogens with one attached hydrogen (secondary N) is 1. The molecule has 0 radical (unpaired) electrons. The molecule has 0 aliphatic rings. The molecule has 0 aliphatic carbocycles. The first kappa shape index (κ1) is 21.4. The van der Waals surface area contributed by atoms with Crippen molar-refractivity contribution in [3.05, 3.63) is 29.8 Å². The fourth-order valence-corrected chi connectivity index (χ4v) is 3.40. The summed E-state index contributed by atoms with van der Waals surface area (Å²) in [5.74, 6) is -0.501. The van der Waals surface area contributed by atoms with Gasteiger partial charge in [0.05, 0.1) is 24.1 Å². The molecule has 0 unspecified atom stereocenters. The summed E-state index contributed by atoms with van der Waals surface area (Å²) in [4.78, 5) is 11.6. The van der Waals surface area contributed by atoms with E-state index in [4.69, 9.17) is 4.74 Å². The van der Waals surface area contributed by atoms with Crippen molar-refractivity contribution >= 4 is 31.9 Å². The average Bonchev–Trinajstić information content (AvgIpc) is 2.50. The molecule has 0 fully saturated rings. The van der Waals surface area contributed by atoms with Crippen molar-refractivity contribution in [3.63, 3.8) is 0 Å². The molecule has 142 valence electrons. The highest BCUT2D eigenvalue weighted by Gasteiger charge is 2.20. The quantitative estimate of drug-likeness (QED) is 0.592. The third-order valence-corrected chi connectivity index (χ3v) is 5.87. The second kappa shape index (κ2) is 8.61. The summed E-state index contributed by atoms with van der Waals surface area (Å²) in [7, 11) is -4.54. The Morgan fingerprint density at radius 2 is 1.68 bits per heavy atom. The van der Waals surface area contributed by atoms with Crippen molar-refractivity contribution in [2.45, 2.75) is 6.92 Å². The van der Waals surface area contributed by atoms with Crippen LogP contribution in [0, 0.1) is 0 Å². The maximum absolute atomic E-state index is 12.0. The van der Waals surface area contributed by atoms with Gasteiger partial charge in [0.15, 0.2) is 0 Å². The minimum absolute atomic E-state index is 0.0926. The molecule has 0 heterocycles. The van der Waals surface area contributed by atoms with Crippen LogP contribution in [-0.2, 0) is 25.0 Å². The molecule has 11 heteroatoms. The Morgan fingerprint density at radius 1 is 1.12 bits per heavy atom. The second-order valence-electron chi connectivity index (χ2n) is 5.28. The topological polar surface area (TPSA) is 113 Å². The van der Waals surface area contributed by atoms with Gasteiger partial charge in [0.2, 0.25) is 10.0 Å². The van der Waals surface area contributed by atoms with E-state index in [9.17, 15) is 21.6 Å². The van der Waals surface area contributed by atoms with E-state index in [1.807, 2.05) is 0 Å². The molecule has 0 aliphatic heterocycles. The molecule has 0 atom stereocenters. The van der Waals surface area contributed by atoms with Crippen molar-refractivity contribution in [2.24, 2.45) is 0 Å². The number of carbonyl (C=O) groups is 1. The smallest absolute Gasteiger partial charge is 0.338 e. The molecule has 1 rings (SSSR count). The standard InChI is InChI=1S/C14H23N3O6S2/c1-5-23-14(18)12-6-8-13(9-7-12)17(24(4,19)20)11-10-15-25(21,22)16(2)3/h6-9,15H,5,10-11H2,1-4H3. The van der Waals surface area contributed by atoms with Gasteiger partial charge in [0.25, 0.3) is 10.2 Å². The molecular weight excluding hydrogens is 370 g/mol. The van der Waals surface area contributed by atoms with Crippen molar-refractivity contribution in [3.8, 4) is 0 Å². The lowest BCUT2D eigenvalue weighted by molar-refractivity contribution is 0.0526. The van der Waals surface area contributed by atoms with Gasteiger partial charge in [-0.1, -0.05) is 0 Å². The van der Waals surface area contributed by atoms with Crippen LogP contribution in [0.2, 0.25) is 0 Å². The number of rotatable bonds is 9. The lowest BCUT2D eigenvalue weighted by Gasteiger charge is -2.23. The van der Waals surface area contributed by atoms with Crippen LogP contribution in [0.15, 0.2) is 24.3 Å². The Morgan fingerprint density at radius 3 is 2.12 bits per heavy atom. The number of carbonyl (C=O) groups excluding carboxylic acids is 1. The van der Waals surface area contributed by atoms with Gasteiger partial charge in [0.1, 0.15) is 0 Å². The molecule has 0 aromatic heterocycles. The number of esters is 1. The second-order valence-corrected chi connectivity index (χ2v) is 9.16. The Bertz CT molecular complexity index is 788. The first-order valence-corrected chi connectivity index (χ1v) is 10.7. The third-order valence-electron chi connectivity index (χ3n) is 3.15. The summed E-state index contributed by atoms with van der Waals surface area (Å²) < 4.78 is 56.5. The summed E-state index contributed by atoms with van der Waals surface area (Å²) in [5.41, 5.74) is 0.618. The van der Waals surface area contributed by atoms with Crippen LogP contribution in [0.1, 0.15) is 17.3 Å². The number of sulfonamides is 1. The molecule has 1 N–H and O–H groups in total. The first-order chi connectivity index (χ1) is 11.5. The van der Waals surface area contributed by atoms with Crippen LogP contribution in [0.5, 0.6) is 0 Å². The normalized spacial score (nSPS) is 12.2. The van der Waals surface area contributed by atoms with E-state index in [1.54, 1.807) is 6.92 Å². The molecule has 1 aromatic carbocycles. The zero-order valence-electron chi connectivity index (χ0n) is 14.6. The lowest BCUT2D eigenvalue weighted by atomic mass is 10.2. The maximum atomic E-state index is 12.0. The zero-order valence-corrected chi connectivity index (χ0v) is 16.2. The van der Waals surface area contributed by atoms with Gasteiger partial charge >= 0.3 is 5.97 Å². The predicted molar refractivity (Wildman–Crippen MR) is 95.2 cm³/mol. The molecule has 0 spiro atoms. The predicted octanol–water partition coefficient (Wildman–Crippen LogP) is 0.0253. The Hall–Kier alpha value is -1.69. The number of hydrogen-bond acceptors (Lipinski definition) is 6. The molecule has 0 saturated carbocycles. The van der Waals surface area contributed by atoms with E-state index >= 15 is 0 Å². The van der Waals surface area contributed by atoms with Crippen LogP contribution in [0.25, 0.3) is 0 Å². The van der Waals surface area contributed by atoms with E-state index in [-0.39, 0.29) is 19.7 Å². The van der Waals surface area contributed by atoms with Gasteiger partial charge in [-0.2, -0.15) is 12.7 Å². The highest BCUT2D eigenvalue weighted by atomic mass is 32.2.